The van der Waals surface area contributed by atoms with Gasteiger partial charge in [-0.05, 0) is 65.5 Å². The van der Waals surface area contributed by atoms with Crippen molar-refractivity contribution in [1.82, 2.24) is 4.98 Å². The highest BCUT2D eigenvalue weighted by atomic mass is 79.9. The lowest BCUT2D eigenvalue weighted by molar-refractivity contribution is 0.00746. The highest BCUT2D eigenvalue weighted by Gasteiger charge is 2.54. The third-order valence-electron chi connectivity index (χ3n) is 6.01. The van der Waals surface area contributed by atoms with Crippen LogP contribution >= 0.6 is 15.9 Å². The summed E-state index contributed by atoms with van der Waals surface area (Å²) in [7, 11) is 0. The Hall–Kier alpha value is -2.61. The Labute approximate surface area is 176 Å². The van der Waals surface area contributed by atoms with Gasteiger partial charge >= 0.3 is 0 Å². The topological polar surface area (TPSA) is 98.8 Å². The lowest BCUT2D eigenvalue weighted by Gasteiger charge is -2.46. The fourth-order valence-corrected chi connectivity index (χ4v) is 4.91. The molecular weight excluding hydrogens is 436 g/mol. The number of pyridine rings is 1. The van der Waals surface area contributed by atoms with E-state index in [0.717, 1.165) is 41.5 Å². The molecule has 1 spiro atoms. The van der Waals surface area contributed by atoms with Crippen LogP contribution in [0.3, 0.4) is 0 Å². The number of anilines is 1. The summed E-state index contributed by atoms with van der Waals surface area (Å²) in [5.41, 5.74) is 7.30. The number of hydrogen-bond acceptors (Lipinski definition) is 6. The zero-order valence-corrected chi connectivity index (χ0v) is 17.3. The summed E-state index contributed by atoms with van der Waals surface area (Å²) >= 11 is 3.33. The van der Waals surface area contributed by atoms with Gasteiger partial charge in [-0.15, -0.1) is 0 Å². The van der Waals surface area contributed by atoms with Crippen LogP contribution in [0.4, 0.5) is 5.69 Å². The van der Waals surface area contributed by atoms with E-state index in [2.05, 4.69) is 26.2 Å². The van der Waals surface area contributed by atoms with Crippen LogP contribution in [0.1, 0.15) is 41.7 Å². The van der Waals surface area contributed by atoms with Gasteiger partial charge in [0.05, 0.1) is 0 Å². The predicted molar refractivity (Wildman–Crippen MR) is 112 cm³/mol. The van der Waals surface area contributed by atoms with Crippen molar-refractivity contribution in [3.05, 3.63) is 52.3 Å². The number of amides is 1. The Morgan fingerprint density at radius 1 is 1.24 bits per heavy atom. The van der Waals surface area contributed by atoms with Crippen molar-refractivity contribution in [2.24, 2.45) is 16.6 Å². The highest BCUT2D eigenvalue weighted by Crippen LogP contribution is 2.52. The van der Waals surface area contributed by atoms with E-state index in [0.29, 0.717) is 18.0 Å². The van der Waals surface area contributed by atoms with E-state index in [-0.39, 0.29) is 24.0 Å². The Balaban J connectivity index is 1.50. The zero-order chi connectivity index (χ0) is 20.0. The third kappa shape index (κ3) is 3.15. The fraction of sp³-hybridized carbons (Fsp3) is 0.381. The molecule has 150 valence electrons. The number of carbonyl (C=O) groups is 1. The number of aliphatic imine (C=N–C) groups is 1. The van der Waals surface area contributed by atoms with Crippen LogP contribution in [-0.4, -0.2) is 29.6 Å². The first kappa shape index (κ1) is 18.4. The van der Waals surface area contributed by atoms with Crippen LogP contribution in [-0.2, 0) is 10.3 Å². The predicted octanol–water partition coefficient (Wildman–Crippen LogP) is 3.59. The quantitative estimate of drug-likeness (QED) is 0.719. The van der Waals surface area contributed by atoms with Crippen molar-refractivity contribution in [2.75, 3.05) is 11.9 Å². The number of nitrogens with two attached hydrogens (primary N) is 1. The van der Waals surface area contributed by atoms with Crippen LogP contribution in [0.15, 0.2) is 46.0 Å². The van der Waals surface area contributed by atoms with Crippen molar-refractivity contribution >= 4 is 33.5 Å². The molecule has 7 nitrogen and oxygen atoms in total. The molecule has 8 heteroatoms. The van der Waals surface area contributed by atoms with E-state index in [1.165, 1.54) is 0 Å². The molecule has 0 radical (unpaired) electrons. The molecule has 3 aliphatic rings. The SMILES string of the molecule is NC1=NC2(CO1)c1cc(NC(=O)c3ccc(Br)cn3)ccc1OC1CCCCC12. The van der Waals surface area contributed by atoms with Gasteiger partial charge in [0.25, 0.3) is 11.9 Å². The lowest BCUT2D eigenvalue weighted by atomic mass is 9.68. The van der Waals surface area contributed by atoms with E-state index in [1.54, 1.807) is 18.3 Å². The molecule has 1 fully saturated rings. The molecule has 29 heavy (non-hydrogen) atoms. The van der Waals surface area contributed by atoms with Gasteiger partial charge in [-0.25, -0.2) is 9.98 Å². The van der Waals surface area contributed by atoms with Crippen LogP contribution in [0, 0.1) is 5.92 Å². The summed E-state index contributed by atoms with van der Waals surface area (Å²) in [5.74, 6) is 0.725. The average Bonchev–Trinajstić information content (AvgIpc) is 3.11. The second-order valence-electron chi connectivity index (χ2n) is 7.74. The summed E-state index contributed by atoms with van der Waals surface area (Å²) < 4.78 is 12.8. The van der Waals surface area contributed by atoms with Crippen molar-refractivity contribution in [3.8, 4) is 5.75 Å². The molecule has 2 aliphatic heterocycles. The van der Waals surface area contributed by atoms with Crippen molar-refractivity contribution in [3.63, 3.8) is 0 Å². The summed E-state index contributed by atoms with van der Waals surface area (Å²) in [5, 5.41) is 2.92. The minimum absolute atomic E-state index is 0.113. The van der Waals surface area contributed by atoms with Gasteiger partial charge in [-0.3, -0.25) is 4.79 Å². The summed E-state index contributed by atoms with van der Waals surface area (Å²) in [6, 6.07) is 9.35. The second-order valence-corrected chi connectivity index (χ2v) is 8.65. The molecule has 3 N–H and O–H groups in total. The molecule has 3 atom stereocenters. The Morgan fingerprint density at radius 3 is 2.86 bits per heavy atom. The molecular formula is C21H21BrN4O3. The van der Waals surface area contributed by atoms with Gasteiger partial charge in [-0.1, -0.05) is 6.42 Å². The third-order valence-corrected chi connectivity index (χ3v) is 6.48. The number of nitrogens with zero attached hydrogens (tertiary/aromatic N) is 2. The van der Waals surface area contributed by atoms with Crippen LogP contribution < -0.4 is 15.8 Å². The van der Waals surface area contributed by atoms with Gasteiger partial charge in [0, 0.05) is 27.8 Å². The maximum Gasteiger partial charge on any atom is 0.283 e. The Morgan fingerprint density at radius 2 is 2.10 bits per heavy atom. The molecule has 1 saturated carbocycles. The first-order chi connectivity index (χ1) is 14.0. The van der Waals surface area contributed by atoms with Crippen LogP contribution in [0.25, 0.3) is 0 Å². The lowest BCUT2D eigenvalue weighted by Crippen LogP contribution is -2.49. The summed E-state index contributed by atoms with van der Waals surface area (Å²) in [6.07, 6.45) is 6.03. The van der Waals surface area contributed by atoms with E-state index in [4.69, 9.17) is 20.2 Å². The number of halogens is 1. The average molecular weight is 457 g/mol. The van der Waals surface area contributed by atoms with E-state index in [1.807, 2.05) is 18.2 Å². The van der Waals surface area contributed by atoms with E-state index >= 15 is 0 Å². The minimum atomic E-state index is -0.556. The largest absolute Gasteiger partial charge is 0.490 e. The van der Waals surface area contributed by atoms with Gasteiger partial charge in [0.15, 0.2) is 0 Å². The van der Waals surface area contributed by atoms with Gasteiger partial charge < -0.3 is 20.5 Å². The number of ether oxygens (including phenoxy) is 2. The van der Waals surface area contributed by atoms with Crippen LogP contribution in [0.2, 0.25) is 0 Å². The maximum absolute atomic E-state index is 12.6. The maximum atomic E-state index is 12.6. The number of rotatable bonds is 2. The molecule has 0 saturated heterocycles. The number of fused-ring (bicyclic) bond motifs is 4. The fourth-order valence-electron chi connectivity index (χ4n) is 4.67. The number of aromatic nitrogens is 1. The normalized spacial score (nSPS) is 27.3. The second kappa shape index (κ2) is 7.02. The molecule has 3 heterocycles. The standard InChI is InChI=1S/C21H21BrN4O3/c22-12-5-7-16(24-10-12)19(27)25-13-6-8-18-15(9-13)21(11-28-20(23)26-21)14-3-1-2-4-17(14)29-18/h5-10,14,17H,1-4,11H2,(H2,23,26)(H,25,27). The number of hydrogen-bond donors (Lipinski definition) is 2. The number of carbonyl (C=O) groups excluding carboxylic acids is 1. The molecule has 1 aliphatic carbocycles. The van der Waals surface area contributed by atoms with Gasteiger partial charge in [-0.2, -0.15) is 0 Å². The molecule has 1 aromatic carbocycles. The zero-order valence-electron chi connectivity index (χ0n) is 15.7. The minimum Gasteiger partial charge on any atom is -0.490 e. The smallest absolute Gasteiger partial charge is 0.283 e. The molecule has 2 aromatic rings. The van der Waals surface area contributed by atoms with Crippen molar-refractivity contribution in [1.29, 1.82) is 0 Å². The molecule has 1 amide bonds. The monoisotopic (exact) mass is 456 g/mol. The van der Waals surface area contributed by atoms with Crippen molar-refractivity contribution < 1.29 is 14.3 Å². The molecule has 1 aromatic heterocycles. The summed E-state index contributed by atoms with van der Waals surface area (Å²) in [6.45, 7) is 0.405. The molecule has 3 unspecified atom stereocenters. The Bertz CT molecular complexity index is 994. The van der Waals surface area contributed by atoms with Crippen molar-refractivity contribution in [2.45, 2.75) is 37.3 Å². The van der Waals surface area contributed by atoms with Gasteiger partial charge in [0.1, 0.15) is 29.7 Å². The number of benzene rings is 1. The highest BCUT2D eigenvalue weighted by molar-refractivity contribution is 9.10. The van der Waals surface area contributed by atoms with E-state index in [9.17, 15) is 4.79 Å². The molecule has 5 rings (SSSR count). The first-order valence-corrected chi connectivity index (χ1v) is 10.6. The molecule has 0 bridgehead atoms. The van der Waals surface area contributed by atoms with Gasteiger partial charge in [0.2, 0.25) is 0 Å². The Kier molecular flexibility index (Phi) is 4.46. The number of nitrogens with one attached hydrogen (secondary N) is 1. The van der Waals surface area contributed by atoms with E-state index < -0.39 is 5.54 Å². The number of amidine groups is 1. The first-order valence-electron chi connectivity index (χ1n) is 9.77. The summed E-state index contributed by atoms with van der Waals surface area (Å²) in [4.78, 5) is 21.5. The van der Waals surface area contributed by atoms with Crippen LogP contribution in [0.5, 0.6) is 5.75 Å².